The number of oxazole rings is 1. The van der Waals surface area contributed by atoms with E-state index in [9.17, 15) is 0 Å². The van der Waals surface area contributed by atoms with E-state index >= 15 is 0 Å². The minimum atomic E-state index is 0.591. The van der Waals surface area contributed by atoms with Crippen LogP contribution in [0.4, 0.5) is 0 Å². The number of thiophene rings is 1. The van der Waals surface area contributed by atoms with Gasteiger partial charge in [0, 0.05) is 47.8 Å². The molecule has 0 atom stereocenters. The third-order valence-corrected chi connectivity index (χ3v) is 12.1. The molecule has 276 valence electrons. The first-order chi connectivity index (χ1) is 29.2. The van der Waals surface area contributed by atoms with Gasteiger partial charge in [-0.25, -0.2) is 19.9 Å². The second kappa shape index (κ2) is 13.4. The maximum absolute atomic E-state index is 6.58. The van der Waals surface area contributed by atoms with Gasteiger partial charge in [-0.05, 0) is 82.9 Å². The lowest BCUT2D eigenvalue weighted by Gasteiger charge is -2.10. The number of rotatable bonds is 6. The van der Waals surface area contributed by atoms with Crippen LogP contribution in [0.15, 0.2) is 191 Å². The lowest BCUT2D eigenvalue weighted by atomic mass is 10.0. The highest BCUT2D eigenvalue weighted by molar-refractivity contribution is 7.25. The van der Waals surface area contributed by atoms with E-state index in [0.717, 1.165) is 77.5 Å². The van der Waals surface area contributed by atoms with Gasteiger partial charge in [0.25, 0.3) is 0 Å². The Morgan fingerprint density at radius 3 is 1.69 bits per heavy atom. The van der Waals surface area contributed by atoms with Crippen LogP contribution in [0.2, 0.25) is 0 Å². The Hall–Kier alpha value is -7.74. The SMILES string of the molecule is c1ccc(-c2cccc(-c3nc(-c4ccccc4)nc(-c4cccc(-c5ccc6c(c5)oc5ccc7nc(-c8ccc9sc%10ccccc%10c9c8)oc7c56)c4)n3)c2)cc1. The summed E-state index contributed by atoms with van der Waals surface area (Å²) in [7, 11) is 0. The van der Waals surface area contributed by atoms with Crippen molar-refractivity contribution < 1.29 is 8.83 Å². The predicted molar refractivity (Wildman–Crippen MR) is 240 cm³/mol. The molecule has 0 saturated heterocycles. The molecule has 0 aliphatic carbocycles. The highest BCUT2D eigenvalue weighted by Crippen LogP contribution is 2.41. The highest BCUT2D eigenvalue weighted by Gasteiger charge is 2.19. The van der Waals surface area contributed by atoms with Crippen molar-refractivity contribution in [3.05, 3.63) is 182 Å². The average molecular weight is 775 g/mol. The molecule has 0 radical (unpaired) electrons. The van der Waals surface area contributed by atoms with E-state index in [1.165, 1.54) is 20.2 Å². The van der Waals surface area contributed by atoms with E-state index in [2.05, 4.69) is 121 Å². The number of aromatic nitrogens is 4. The quantitative estimate of drug-likeness (QED) is 0.167. The Morgan fingerprint density at radius 1 is 0.339 bits per heavy atom. The first-order valence-electron chi connectivity index (χ1n) is 19.4. The maximum Gasteiger partial charge on any atom is 0.227 e. The maximum atomic E-state index is 6.58. The summed E-state index contributed by atoms with van der Waals surface area (Å²) in [5.74, 6) is 2.42. The van der Waals surface area contributed by atoms with Gasteiger partial charge in [0.15, 0.2) is 23.1 Å². The lowest BCUT2D eigenvalue weighted by molar-refractivity contribution is 0.622. The molecule has 12 aromatic rings. The van der Waals surface area contributed by atoms with Crippen LogP contribution < -0.4 is 0 Å². The summed E-state index contributed by atoms with van der Waals surface area (Å²) in [6.45, 7) is 0. The molecule has 6 nitrogen and oxygen atoms in total. The Balaban J connectivity index is 0.927. The van der Waals surface area contributed by atoms with Crippen molar-refractivity contribution in [2.24, 2.45) is 0 Å². The molecular formula is C52H30N4O2S. The van der Waals surface area contributed by atoms with E-state index in [1.807, 2.05) is 60.7 Å². The van der Waals surface area contributed by atoms with Crippen LogP contribution in [0.1, 0.15) is 0 Å². The molecule has 7 heteroatoms. The average Bonchev–Trinajstić information content (AvgIpc) is 4.02. The zero-order chi connectivity index (χ0) is 38.9. The third kappa shape index (κ3) is 5.78. The topological polar surface area (TPSA) is 77.8 Å². The highest BCUT2D eigenvalue weighted by atomic mass is 32.1. The minimum absolute atomic E-state index is 0.591. The van der Waals surface area contributed by atoms with Crippen LogP contribution in [-0.2, 0) is 0 Å². The number of nitrogens with zero attached hydrogens (tertiary/aromatic N) is 4. The summed E-state index contributed by atoms with van der Waals surface area (Å²) in [4.78, 5) is 20.0. The molecule has 59 heavy (non-hydrogen) atoms. The molecule has 0 saturated carbocycles. The lowest BCUT2D eigenvalue weighted by Crippen LogP contribution is -2.00. The normalized spacial score (nSPS) is 11.7. The zero-order valence-corrected chi connectivity index (χ0v) is 32.2. The molecule has 4 heterocycles. The minimum Gasteiger partial charge on any atom is -0.456 e. The van der Waals surface area contributed by atoms with Crippen molar-refractivity contribution >= 4 is 64.5 Å². The van der Waals surface area contributed by atoms with Crippen LogP contribution in [0.25, 0.3) is 121 Å². The van der Waals surface area contributed by atoms with E-state index < -0.39 is 0 Å². The van der Waals surface area contributed by atoms with Crippen molar-refractivity contribution in [1.82, 2.24) is 19.9 Å². The Labute approximate surface area is 341 Å². The van der Waals surface area contributed by atoms with Crippen molar-refractivity contribution in [1.29, 1.82) is 0 Å². The molecule has 0 N–H and O–H groups in total. The Morgan fingerprint density at radius 2 is 0.932 bits per heavy atom. The van der Waals surface area contributed by atoms with E-state index in [0.29, 0.717) is 23.4 Å². The molecule has 4 aromatic heterocycles. The van der Waals surface area contributed by atoms with Gasteiger partial charge < -0.3 is 8.83 Å². The summed E-state index contributed by atoms with van der Waals surface area (Å²) < 4.78 is 15.6. The third-order valence-electron chi connectivity index (χ3n) is 11.0. The van der Waals surface area contributed by atoms with Gasteiger partial charge in [-0.2, -0.15) is 0 Å². The standard InChI is InChI=1S/C52H30N4O2S/c1-3-11-31(12-4-1)33-15-9-17-36(27-33)50-54-49(32-13-5-2-6-14-32)55-51(56-50)37-18-10-16-34(28-37)35-21-23-40-44(30-35)57-43-25-24-42-48(47(40)43)58-52(53-42)38-22-26-46-41(29-38)39-19-7-8-20-45(39)59-46/h1-30H. The van der Waals surface area contributed by atoms with Gasteiger partial charge in [0.2, 0.25) is 5.89 Å². The number of hydrogen-bond donors (Lipinski definition) is 0. The van der Waals surface area contributed by atoms with Crippen molar-refractivity contribution in [3.8, 4) is 67.9 Å². The molecule has 0 spiro atoms. The van der Waals surface area contributed by atoms with E-state index in [4.69, 9.17) is 28.8 Å². The Kier molecular flexibility index (Phi) is 7.61. The number of fused-ring (bicyclic) bond motifs is 8. The molecule has 0 fully saturated rings. The smallest absolute Gasteiger partial charge is 0.227 e. The molecule has 0 amide bonds. The zero-order valence-electron chi connectivity index (χ0n) is 31.3. The monoisotopic (exact) mass is 774 g/mol. The van der Waals surface area contributed by atoms with Crippen LogP contribution in [-0.4, -0.2) is 19.9 Å². The molecule has 0 aliphatic rings. The van der Waals surface area contributed by atoms with Crippen molar-refractivity contribution in [2.75, 3.05) is 0 Å². The second-order valence-electron chi connectivity index (χ2n) is 14.6. The van der Waals surface area contributed by atoms with Gasteiger partial charge >= 0.3 is 0 Å². The fourth-order valence-corrected chi connectivity index (χ4v) is 9.15. The first-order valence-corrected chi connectivity index (χ1v) is 20.3. The summed E-state index contributed by atoms with van der Waals surface area (Å²) >= 11 is 1.80. The molecule has 12 rings (SSSR count). The number of furan rings is 1. The molecule has 8 aromatic carbocycles. The molecule has 0 bridgehead atoms. The number of hydrogen-bond acceptors (Lipinski definition) is 7. The summed E-state index contributed by atoms with van der Waals surface area (Å²) in [5, 5.41) is 4.35. The summed E-state index contributed by atoms with van der Waals surface area (Å²) in [5.41, 5.74) is 11.0. The van der Waals surface area contributed by atoms with Gasteiger partial charge in [-0.3, -0.25) is 0 Å². The van der Waals surface area contributed by atoms with Gasteiger partial charge in [0.1, 0.15) is 16.7 Å². The van der Waals surface area contributed by atoms with Crippen molar-refractivity contribution in [3.63, 3.8) is 0 Å². The van der Waals surface area contributed by atoms with Gasteiger partial charge in [-0.1, -0.05) is 121 Å². The summed E-state index contributed by atoms with van der Waals surface area (Å²) in [6.07, 6.45) is 0. The first kappa shape index (κ1) is 33.4. The summed E-state index contributed by atoms with van der Waals surface area (Å²) in [6, 6.07) is 62.4. The van der Waals surface area contributed by atoms with Crippen LogP contribution in [0, 0.1) is 0 Å². The fraction of sp³-hybridized carbons (Fsp3) is 0. The van der Waals surface area contributed by atoms with Gasteiger partial charge in [0.05, 0.1) is 5.39 Å². The van der Waals surface area contributed by atoms with E-state index in [-0.39, 0.29) is 0 Å². The molecular weight excluding hydrogens is 745 g/mol. The van der Waals surface area contributed by atoms with Crippen LogP contribution >= 0.6 is 11.3 Å². The molecule has 0 unspecified atom stereocenters. The largest absolute Gasteiger partial charge is 0.456 e. The number of benzene rings is 8. The van der Waals surface area contributed by atoms with Crippen molar-refractivity contribution in [2.45, 2.75) is 0 Å². The fourth-order valence-electron chi connectivity index (χ4n) is 8.06. The van der Waals surface area contributed by atoms with Crippen LogP contribution in [0.3, 0.4) is 0 Å². The second-order valence-corrected chi connectivity index (χ2v) is 15.7. The predicted octanol–water partition coefficient (Wildman–Crippen LogP) is 14.3. The van der Waals surface area contributed by atoms with Crippen LogP contribution in [0.5, 0.6) is 0 Å². The van der Waals surface area contributed by atoms with Gasteiger partial charge in [-0.15, -0.1) is 11.3 Å². The Bertz CT molecular complexity index is 3570. The molecule has 0 aliphatic heterocycles. The van der Waals surface area contributed by atoms with E-state index in [1.54, 1.807) is 11.3 Å².